The van der Waals surface area contributed by atoms with Gasteiger partial charge in [-0.2, -0.15) is 0 Å². The highest BCUT2D eigenvalue weighted by atomic mass is 16.2. The number of para-hydroxylation sites is 1. The van der Waals surface area contributed by atoms with Gasteiger partial charge in [0.1, 0.15) is 0 Å². The molecule has 4 N–H and O–H groups in total. The third kappa shape index (κ3) is 4.46. The minimum Gasteiger partial charge on any atom is -0.355 e. The minimum atomic E-state index is -0.155. The Morgan fingerprint density at radius 3 is 2.76 bits per heavy atom. The number of benzene rings is 1. The first-order valence-electron chi connectivity index (χ1n) is 7.29. The zero-order valence-corrected chi connectivity index (χ0v) is 12.0. The van der Waals surface area contributed by atoms with Gasteiger partial charge in [0, 0.05) is 31.9 Å². The van der Waals surface area contributed by atoms with E-state index < -0.39 is 0 Å². The molecule has 1 fully saturated rings. The molecular formula is C15H22N4O2. The maximum absolute atomic E-state index is 12.2. The highest BCUT2D eigenvalue weighted by Crippen LogP contribution is 2.18. The average molecular weight is 290 g/mol. The number of hydrogen-bond acceptors (Lipinski definition) is 3. The van der Waals surface area contributed by atoms with Gasteiger partial charge in [-0.1, -0.05) is 18.2 Å². The van der Waals surface area contributed by atoms with Gasteiger partial charge in [-0.25, -0.2) is 4.79 Å². The molecule has 0 aromatic heterocycles. The third-order valence-corrected chi connectivity index (χ3v) is 3.55. The Hall–Kier alpha value is -2.08. The van der Waals surface area contributed by atoms with E-state index >= 15 is 0 Å². The van der Waals surface area contributed by atoms with E-state index in [4.69, 9.17) is 5.73 Å². The lowest BCUT2D eigenvalue weighted by Gasteiger charge is -2.32. The topological polar surface area (TPSA) is 87.5 Å². The Morgan fingerprint density at radius 2 is 2.05 bits per heavy atom. The number of nitrogens with one attached hydrogen (secondary N) is 2. The van der Waals surface area contributed by atoms with Crippen molar-refractivity contribution in [2.45, 2.75) is 12.8 Å². The smallest absolute Gasteiger partial charge is 0.321 e. The Kier molecular flexibility index (Phi) is 5.57. The van der Waals surface area contributed by atoms with Gasteiger partial charge < -0.3 is 21.3 Å². The van der Waals surface area contributed by atoms with Crippen LogP contribution in [0.25, 0.3) is 0 Å². The maximum atomic E-state index is 12.2. The number of likely N-dealkylation sites (tertiary alicyclic amines) is 1. The van der Waals surface area contributed by atoms with E-state index in [1.807, 2.05) is 30.3 Å². The lowest BCUT2D eigenvalue weighted by atomic mass is 9.97. The lowest BCUT2D eigenvalue weighted by Crippen LogP contribution is -2.47. The number of nitrogens with two attached hydrogens (primary N) is 1. The highest BCUT2D eigenvalue weighted by Gasteiger charge is 2.28. The number of nitrogens with zero attached hydrogens (tertiary/aromatic N) is 1. The number of carbonyl (C=O) groups excluding carboxylic acids is 2. The predicted molar refractivity (Wildman–Crippen MR) is 81.8 cm³/mol. The van der Waals surface area contributed by atoms with Gasteiger partial charge in [-0.05, 0) is 25.0 Å². The molecule has 0 spiro atoms. The van der Waals surface area contributed by atoms with E-state index in [1.54, 1.807) is 4.90 Å². The molecule has 21 heavy (non-hydrogen) atoms. The first kappa shape index (κ1) is 15.3. The second-order valence-corrected chi connectivity index (χ2v) is 5.16. The summed E-state index contributed by atoms with van der Waals surface area (Å²) >= 11 is 0. The van der Waals surface area contributed by atoms with Crippen LogP contribution >= 0.6 is 0 Å². The Bertz CT molecular complexity index is 478. The maximum Gasteiger partial charge on any atom is 0.321 e. The van der Waals surface area contributed by atoms with Gasteiger partial charge in [0.2, 0.25) is 5.91 Å². The van der Waals surface area contributed by atoms with Crippen molar-refractivity contribution in [2.24, 2.45) is 11.7 Å². The molecule has 1 aliphatic heterocycles. The molecule has 1 aromatic carbocycles. The molecule has 6 nitrogen and oxygen atoms in total. The summed E-state index contributed by atoms with van der Waals surface area (Å²) in [5.41, 5.74) is 6.14. The largest absolute Gasteiger partial charge is 0.355 e. The summed E-state index contributed by atoms with van der Waals surface area (Å²) in [4.78, 5) is 25.9. The standard InChI is InChI=1S/C15H22N4O2/c16-8-9-17-14(20)12-5-4-10-19(11-12)15(21)18-13-6-2-1-3-7-13/h1-3,6-7,12H,4-5,8-11,16H2,(H,17,20)(H,18,21). The summed E-state index contributed by atoms with van der Waals surface area (Å²) in [7, 11) is 0. The Labute approximate surface area is 124 Å². The van der Waals surface area contributed by atoms with E-state index in [1.165, 1.54) is 0 Å². The molecule has 1 atom stereocenters. The van der Waals surface area contributed by atoms with Crippen LogP contribution in [0.2, 0.25) is 0 Å². The van der Waals surface area contributed by atoms with Crippen LogP contribution in [0, 0.1) is 5.92 Å². The van der Waals surface area contributed by atoms with E-state index in [0.717, 1.165) is 18.5 Å². The first-order chi connectivity index (χ1) is 10.2. The van der Waals surface area contributed by atoms with Crippen LogP contribution in [-0.2, 0) is 4.79 Å². The first-order valence-corrected chi connectivity index (χ1v) is 7.29. The van der Waals surface area contributed by atoms with Crippen molar-refractivity contribution < 1.29 is 9.59 Å². The second-order valence-electron chi connectivity index (χ2n) is 5.16. The normalized spacial score (nSPS) is 18.1. The molecule has 0 aliphatic carbocycles. The third-order valence-electron chi connectivity index (χ3n) is 3.55. The quantitative estimate of drug-likeness (QED) is 0.773. The molecule has 1 unspecified atom stereocenters. The van der Waals surface area contributed by atoms with E-state index in [-0.39, 0.29) is 17.9 Å². The Morgan fingerprint density at radius 1 is 1.29 bits per heavy atom. The zero-order valence-electron chi connectivity index (χ0n) is 12.0. The van der Waals surface area contributed by atoms with Crippen molar-refractivity contribution in [2.75, 3.05) is 31.5 Å². The second kappa shape index (κ2) is 7.64. The van der Waals surface area contributed by atoms with Crippen LogP contribution in [0.1, 0.15) is 12.8 Å². The van der Waals surface area contributed by atoms with Crippen molar-refractivity contribution in [3.05, 3.63) is 30.3 Å². The molecule has 0 saturated carbocycles. The fourth-order valence-electron chi connectivity index (χ4n) is 2.44. The summed E-state index contributed by atoms with van der Waals surface area (Å²) < 4.78 is 0. The van der Waals surface area contributed by atoms with Crippen molar-refractivity contribution >= 4 is 17.6 Å². The number of hydrogen-bond donors (Lipinski definition) is 3. The van der Waals surface area contributed by atoms with Gasteiger partial charge >= 0.3 is 6.03 Å². The van der Waals surface area contributed by atoms with E-state index in [0.29, 0.717) is 26.2 Å². The molecule has 1 saturated heterocycles. The van der Waals surface area contributed by atoms with Crippen LogP contribution < -0.4 is 16.4 Å². The minimum absolute atomic E-state index is 0.0161. The summed E-state index contributed by atoms with van der Waals surface area (Å²) in [6.45, 7) is 2.04. The number of anilines is 1. The average Bonchev–Trinajstić information content (AvgIpc) is 2.53. The summed E-state index contributed by atoms with van der Waals surface area (Å²) in [5, 5.41) is 5.64. The highest BCUT2D eigenvalue weighted by molar-refractivity contribution is 5.90. The van der Waals surface area contributed by atoms with E-state index in [2.05, 4.69) is 10.6 Å². The SMILES string of the molecule is NCCNC(=O)C1CCCN(C(=O)Nc2ccccc2)C1. The molecule has 3 amide bonds. The molecule has 1 aromatic rings. The fourth-order valence-corrected chi connectivity index (χ4v) is 2.44. The van der Waals surface area contributed by atoms with Gasteiger partial charge in [0.15, 0.2) is 0 Å². The van der Waals surface area contributed by atoms with Crippen LogP contribution in [0.5, 0.6) is 0 Å². The number of piperidine rings is 1. The predicted octanol–water partition coefficient (Wildman–Crippen LogP) is 1.01. The number of amides is 3. The van der Waals surface area contributed by atoms with Crippen molar-refractivity contribution in [1.29, 1.82) is 0 Å². The van der Waals surface area contributed by atoms with Gasteiger partial charge in [0.05, 0.1) is 5.92 Å². The van der Waals surface area contributed by atoms with Gasteiger partial charge in [0.25, 0.3) is 0 Å². The zero-order chi connectivity index (χ0) is 15.1. The van der Waals surface area contributed by atoms with Crippen LogP contribution in [0.3, 0.4) is 0 Å². The molecule has 1 heterocycles. The number of carbonyl (C=O) groups is 2. The molecule has 114 valence electrons. The molecule has 0 bridgehead atoms. The number of rotatable bonds is 4. The van der Waals surface area contributed by atoms with Crippen LogP contribution in [-0.4, -0.2) is 43.0 Å². The molecule has 2 rings (SSSR count). The van der Waals surface area contributed by atoms with Gasteiger partial charge in [-0.3, -0.25) is 4.79 Å². The van der Waals surface area contributed by atoms with Crippen LogP contribution in [0.4, 0.5) is 10.5 Å². The fraction of sp³-hybridized carbons (Fsp3) is 0.467. The molecule has 6 heteroatoms. The van der Waals surface area contributed by atoms with Gasteiger partial charge in [-0.15, -0.1) is 0 Å². The molecular weight excluding hydrogens is 268 g/mol. The summed E-state index contributed by atoms with van der Waals surface area (Å²) in [5.74, 6) is -0.163. The van der Waals surface area contributed by atoms with Crippen molar-refractivity contribution in [1.82, 2.24) is 10.2 Å². The van der Waals surface area contributed by atoms with E-state index in [9.17, 15) is 9.59 Å². The molecule has 0 radical (unpaired) electrons. The van der Waals surface area contributed by atoms with Crippen molar-refractivity contribution in [3.63, 3.8) is 0 Å². The monoisotopic (exact) mass is 290 g/mol. The number of urea groups is 1. The van der Waals surface area contributed by atoms with Crippen LogP contribution in [0.15, 0.2) is 30.3 Å². The summed E-state index contributed by atoms with van der Waals surface area (Å²) in [6.07, 6.45) is 1.65. The Balaban J connectivity index is 1.88. The molecule has 1 aliphatic rings. The lowest BCUT2D eigenvalue weighted by molar-refractivity contribution is -0.126. The van der Waals surface area contributed by atoms with Crippen molar-refractivity contribution in [3.8, 4) is 0 Å². The summed E-state index contributed by atoms with van der Waals surface area (Å²) in [6, 6.07) is 9.16.